The van der Waals surface area contributed by atoms with Crippen LogP contribution in [0.2, 0.25) is 0 Å². The zero-order valence-corrected chi connectivity index (χ0v) is 14.0. The van der Waals surface area contributed by atoms with Crippen LogP contribution < -0.4 is 9.47 Å². The second kappa shape index (κ2) is 7.18. The van der Waals surface area contributed by atoms with Crippen LogP contribution in [0.5, 0.6) is 11.5 Å². The van der Waals surface area contributed by atoms with E-state index < -0.39 is 21.9 Å². The molecule has 2 rings (SSSR count). The molecule has 0 bridgehead atoms. The number of hydrogen-bond donors (Lipinski definition) is 1. The normalized spacial score (nSPS) is 18.8. The molecule has 7 nitrogen and oxygen atoms in total. The van der Waals surface area contributed by atoms with Crippen molar-refractivity contribution < 1.29 is 27.8 Å². The Bertz CT molecular complexity index is 673. The maximum atomic E-state index is 12.7. The summed E-state index contributed by atoms with van der Waals surface area (Å²) in [5.74, 6) is -0.772. The molecule has 0 aromatic heterocycles. The predicted molar refractivity (Wildman–Crippen MR) is 83.3 cm³/mol. The summed E-state index contributed by atoms with van der Waals surface area (Å²) < 4.78 is 37.4. The number of carbonyl (C=O) groups is 1. The summed E-state index contributed by atoms with van der Waals surface area (Å²) >= 11 is 0. The van der Waals surface area contributed by atoms with Gasteiger partial charge in [0.1, 0.15) is 0 Å². The molecular formula is C15H21NO6S. The van der Waals surface area contributed by atoms with Gasteiger partial charge in [0.05, 0.1) is 24.0 Å². The minimum Gasteiger partial charge on any atom is -0.490 e. The first kappa shape index (κ1) is 17.6. The smallest absolute Gasteiger partial charge is 0.307 e. The molecule has 1 aliphatic heterocycles. The molecule has 1 atom stereocenters. The molecule has 23 heavy (non-hydrogen) atoms. The molecule has 0 spiro atoms. The molecule has 0 saturated carbocycles. The van der Waals surface area contributed by atoms with Crippen molar-refractivity contribution in [3.05, 3.63) is 18.2 Å². The highest BCUT2D eigenvalue weighted by molar-refractivity contribution is 7.89. The molecule has 1 saturated heterocycles. The van der Waals surface area contributed by atoms with Gasteiger partial charge in [-0.3, -0.25) is 4.79 Å². The average molecular weight is 343 g/mol. The number of ether oxygens (including phenoxy) is 2. The van der Waals surface area contributed by atoms with Crippen LogP contribution in [0.1, 0.15) is 20.3 Å². The van der Waals surface area contributed by atoms with Crippen LogP contribution in [-0.2, 0) is 14.8 Å². The largest absolute Gasteiger partial charge is 0.490 e. The van der Waals surface area contributed by atoms with E-state index in [1.54, 1.807) is 13.0 Å². The number of rotatable bonds is 7. The monoisotopic (exact) mass is 343 g/mol. The quantitative estimate of drug-likeness (QED) is 0.808. The lowest BCUT2D eigenvalue weighted by atomic mass is 10.1. The predicted octanol–water partition coefficient (Wildman–Crippen LogP) is 1.58. The van der Waals surface area contributed by atoms with Gasteiger partial charge in [0.2, 0.25) is 10.0 Å². The minimum absolute atomic E-state index is 0.00511. The van der Waals surface area contributed by atoms with Crippen molar-refractivity contribution in [1.29, 1.82) is 0 Å². The third-order valence-electron chi connectivity index (χ3n) is 3.65. The van der Waals surface area contributed by atoms with E-state index in [-0.39, 0.29) is 18.0 Å². The van der Waals surface area contributed by atoms with Gasteiger partial charge in [-0.05, 0) is 32.4 Å². The Morgan fingerprint density at radius 1 is 1.26 bits per heavy atom. The Balaban J connectivity index is 2.29. The number of nitrogens with zero attached hydrogens (tertiary/aromatic N) is 1. The van der Waals surface area contributed by atoms with Crippen LogP contribution in [-0.4, -0.2) is 50.1 Å². The zero-order valence-electron chi connectivity index (χ0n) is 13.2. The lowest BCUT2D eigenvalue weighted by molar-refractivity contribution is -0.141. The molecule has 0 amide bonds. The lowest BCUT2D eigenvalue weighted by Gasteiger charge is -2.18. The highest BCUT2D eigenvalue weighted by atomic mass is 32.2. The number of aliphatic carboxylic acids is 1. The Morgan fingerprint density at radius 3 is 2.48 bits per heavy atom. The molecule has 0 unspecified atom stereocenters. The standard InChI is InChI=1S/C15H21NO6S/c1-3-21-13-6-5-12(9-14(13)22-4-2)23(19,20)16-8-7-11(10-16)15(17)18/h5-6,9,11H,3-4,7-8,10H2,1-2H3,(H,17,18)/t11-/m1/s1. The summed E-state index contributed by atoms with van der Waals surface area (Å²) in [7, 11) is -3.74. The van der Waals surface area contributed by atoms with Crippen LogP contribution in [0.15, 0.2) is 23.1 Å². The molecule has 1 N–H and O–H groups in total. The zero-order chi connectivity index (χ0) is 17.0. The Labute approximate surface area is 135 Å². The van der Waals surface area contributed by atoms with Crippen molar-refractivity contribution in [1.82, 2.24) is 4.31 Å². The van der Waals surface area contributed by atoms with Gasteiger partial charge in [-0.2, -0.15) is 4.31 Å². The topological polar surface area (TPSA) is 93.1 Å². The maximum Gasteiger partial charge on any atom is 0.307 e. The van der Waals surface area contributed by atoms with E-state index in [4.69, 9.17) is 14.6 Å². The summed E-state index contributed by atoms with van der Waals surface area (Å²) in [5.41, 5.74) is 0. The van der Waals surface area contributed by atoms with Gasteiger partial charge < -0.3 is 14.6 Å². The van der Waals surface area contributed by atoms with E-state index >= 15 is 0 Å². The summed E-state index contributed by atoms with van der Waals surface area (Å²) in [6.07, 6.45) is 0.323. The molecule has 128 valence electrons. The van der Waals surface area contributed by atoms with Crippen molar-refractivity contribution in [3.63, 3.8) is 0 Å². The maximum absolute atomic E-state index is 12.7. The van der Waals surface area contributed by atoms with E-state index in [1.807, 2.05) is 6.92 Å². The number of carboxylic acid groups (broad SMARTS) is 1. The van der Waals surface area contributed by atoms with Gasteiger partial charge in [-0.25, -0.2) is 8.42 Å². The number of hydrogen-bond acceptors (Lipinski definition) is 5. The van der Waals surface area contributed by atoms with Gasteiger partial charge in [-0.1, -0.05) is 0 Å². The first-order valence-corrected chi connectivity index (χ1v) is 8.96. The van der Waals surface area contributed by atoms with Gasteiger partial charge >= 0.3 is 5.97 Å². The van der Waals surface area contributed by atoms with Crippen LogP contribution in [0.3, 0.4) is 0 Å². The third-order valence-corrected chi connectivity index (χ3v) is 5.51. The second-order valence-corrected chi connectivity index (χ2v) is 7.10. The van der Waals surface area contributed by atoms with Crippen LogP contribution in [0.25, 0.3) is 0 Å². The molecule has 1 aromatic carbocycles. The Hall–Kier alpha value is -1.80. The highest BCUT2D eigenvalue weighted by Crippen LogP contribution is 2.32. The molecule has 1 fully saturated rings. The van der Waals surface area contributed by atoms with Crippen LogP contribution in [0.4, 0.5) is 0 Å². The summed E-state index contributed by atoms with van der Waals surface area (Å²) in [5, 5.41) is 9.02. The van der Waals surface area contributed by atoms with Crippen molar-refractivity contribution in [2.24, 2.45) is 5.92 Å². The van der Waals surface area contributed by atoms with Crippen molar-refractivity contribution in [2.45, 2.75) is 25.2 Å². The Kier molecular flexibility index (Phi) is 5.48. The van der Waals surface area contributed by atoms with Crippen LogP contribution >= 0.6 is 0 Å². The molecule has 0 radical (unpaired) electrons. The Morgan fingerprint density at radius 2 is 1.91 bits per heavy atom. The molecule has 1 aromatic rings. The van der Waals surface area contributed by atoms with Gasteiger partial charge in [0.15, 0.2) is 11.5 Å². The molecule has 1 aliphatic rings. The molecule has 1 heterocycles. The van der Waals surface area contributed by atoms with E-state index in [9.17, 15) is 13.2 Å². The van der Waals surface area contributed by atoms with E-state index in [0.717, 1.165) is 0 Å². The summed E-state index contributed by atoms with van der Waals surface area (Å²) in [4.78, 5) is 11.1. The van der Waals surface area contributed by atoms with E-state index in [1.165, 1.54) is 16.4 Å². The molecular weight excluding hydrogens is 322 g/mol. The van der Waals surface area contributed by atoms with E-state index in [2.05, 4.69) is 0 Å². The fraction of sp³-hybridized carbons (Fsp3) is 0.533. The van der Waals surface area contributed by atoms with Crippen molar-refractivity contribution >= 4 is 16.0 Å². The SMILES string of the molecule is CCOc1ccc(S(=O)(=O)N2CC[C@@H](C(=O)O)C2)cc1OCC. The first-order valence-electron chi connectivity index (χ1n) is 7.52. The van der Waals surface area contributed by atoms with Gasteiger partial charge in [0, 0.05) is 19.2 Å². The fourth-order valence-corrected chi connectivity index (χ4v) is 4.01. The van der Waals surface area contributed by atoms with Gasteiger partial charge in [0.25, 0.3) is 0 Å². The van der Waals surface area contributed by atoms with Gasteiger partial charge in [-0.15, -0.1) is 0 Å². The lowest BCUT2D eigenvalue weighted by Crippen LogP contribution is -2.30. The molecule has 8 heteroatoms. The summed E-state index contributed by atoms with van der Waals surface area (Å²) in [6.45, 7) is 4.66. The molecule has 0 aliphatic carbocycles. The van der Waals surface area contributed by atoms with Crippen molar-refractivity contribution in [2.75, 3.05) is 26.3 Å². The minimum atomic E-state index is -3.74. The first-order chi connectivity index (χ1) is 10.9. The number of carboxylic acids is 1. The second-order valence-electron chi connectivity index (χ2n) is 5.16. The number of sulfonamides is 1. The highest BCUT2D eigenvalue weighted by Gasteiger charge is 2.36. The number of benzene rings is 1. The van der Waals surface area contributed by atoms with Crippen molar-refractivity contribution in [3.8, 4) is 11.5 Å². The third kappa shape index (κ3) is 3.76. The fourth-order valence-electron chi connectivity index (χ4n) is 2.49. The average Bonchev–Trinajstić information content (AvgIpc) is 3.00. The van der Waals surface area contributed by atoms with E-state index in [0.29, 0.717) is 31.1 Å². The summed E-state index contributed by atoms with van der Waals surface area (Å²) in [6, 6.07) is 4.45. The van der Waals surface area contributed by atoms with Crippen LogP contribution in [0, 0.1) is 5.92 Å².